The lowest BCUT2D eigenvalue weighted by atomic mass is 10.0. The number of hydrogen-bond acceptors (Lipinski definition) is 5. The molecule has 0 radical (unpaired) electrons. The lowest BCUT2D eigenvalue weighted by Crippen LogP contribution is -2.44. The van der Waals surface area contributed by atoms with Crippen molar-refractivity contribution in [2.45, 2.75) is 51.2 Å². The Hall–Kier alpha value is -2.77. The lowest BCUT2D eigenvalue weighted by molar-refractivity contribution is -0.139. The lowest BCUT2D eigenvalue weighted by Gasteiger charge is -2.26. The van der Waals surface area contributed by atoms with Gasteiger partial charge in [0.25, 0.3) is 5.91 Å². The molecule has 0 unspecified atom stereocenters. The zero-order valence-corrected chi connectivity index (χ0v) is 14.6. The van der Waals surface area contributed by atoms with Gasteiger partial charge in [-0.3, -0.25) is 24.0 Å². The average Bonchev–Trinajstić information content (AvgIpc) is 3.12. The van der Waals surface area contributed by atoms with Crippen LogP contribution in [0.2, 0.25) is 0 Å². The maximum atomic E-state index is 13.0. The quantitative estimate of drug-likeness (QED) is 0.827. The van der Waals surface area contributed by atoms with Gasteiger partial charge in [0, 0.05) is 24.0 Å². The molecule has 2 aliphatic rings. The number of hydrogen-bond donors (Lipinski definition) is 1. The summed E-state index contributed by atoms with van der Waals surface area (Å²) in [5.74, 6) is -0.208. The molecule has 1 saturated carbocycles. The molecule has 2 fully saturated rings. The first-order valence-electron chi connectivity index (χ1n) is 8.95. The minimum atomic E-state index is -0.646. The van der Waals surface area contributed by atoms with E-state index in [0.717, 1.165) is 19.3 Å². The Morgan fingerprint density at radius 2 is 2.12 bits per heavy atom. The summed E-state index contributed by atoms with van der Waals surface area (Å²) in [5, 5.41) is 4.79. The zero-order valence-electron chi connectivity index (χ0n) is 14.6. The van der Waals surface area contributed by atoms with Crippen molar-refractivity contribution in [3.05, 3.63) is 24.2 Å². The normalized spacial score (nSPS) is 23.9. The van der Waals surface area contributed by atoms with Crippen molar-refractivity contribution in [1.29, 1.82) is 0 Å². The molecule has 8 nitrogen and oxygen atoms in total. The standard InChI is InChI=1S/C18H21N5O3/c1-2-3-15(24)13-7-10-6-12(10)23(13)16(25)9-22-14-8-20-5-4-11(14)17(21-22)18(19)26/h4-5,8,10,12-13H,2-3,6-7,9H2,1H3,(H2,19,26)/t10-,12-,13+/m1/s1. The van der Waals surface area contributed by atoms with E-state index in [2.05, 4.69) is 10.1 Å². The van der Waals surface area contributed by atoms with Gasteiger partial charge in [-0.25, -0.2) is 0 Å². The van der Waals surface area contributed by atoms with Crippen molar-refractivity contribution in [2.75, 3.05) is 0 Å². The number of aromatic nitrogens is 3. The zero-order chi connectivity index (χ0) is 18.4. The topological polar surface area (TPSA) is 111 Å². The Balaban J connectivity index is 1.61. The van der Waals surface area contributed by atoms with Gasteiger partial charge >= 0.3 is 0 Å². The van der Waals surface area contributed by atoms with Gasteiger partial charge in [0.1, 0.15) is 6.54 Å². The summed E-state index contributed by atoms with van der Waals surface area (Å²) in [7, 11) is 0. The van der Waals surface area contributed by atoms with Gasteiger partial charge in [0.05, 0.1) is 17.8 Å². The molecule has 26 heavy (non-hydrogen) atoms. The monoisotopic (exact) mass is 355 g/mol. The molecular formula is C18H21N5O3. The van der Waals surface area contributed by atoms with Crippen LogP contribution in [0.15, 0.2) is 18.5 Å². The van der Waals surface area contributed by atoms with E-state index in [9.17, 15) is 14.4 Å². The predicted molar refractivity (Wildman–Crippen MR) is 93.1 cm³/mol. The number of carbonyl (C=O) groups is 3. The summed E-state index contributed by atoms with van der Waals surface area (Å²) in [6.45, 7) is 1.93. The maximum absolute atomic E-state index is 13.0. The third-order valence-electron chi connectivity index (χ3n) is 5.33. The largest absolute Gasteiger partial charge is 0.364 e. The van der Waals surface area contributed by atoms with Crippen molar-refractivity contribution in [3.63, 3.8) is 0 Å². The Kier molecular flexibility index (Phi) is 3.97. The molecule has 1 aliphatic carbocycles. The first kappa shape index (κ1) is 16.7. The molecule has 4 rings (SSSR count). The van der Waals surface area contributed by atoms with Crippen LogP contribution in [0.4, 0.5) is 0 Å². The summed E-state index contributed by atoms with van der Waals surface area (Å²) in [5.41, 5.74) is 6.10. The van der Waals surface area contributed by atoms with E-state index in [-0.39, 0.29) is 36.0 Å². The van der Waals surface area contributed by atoms with Crippen LogP contribution in [0, 0.1) is 5.92 Å². The molecule has 3 heterocycles. The van der Waals surface area contributed by atoms with Gasteiger partial charge in [-0.15, -0.1) is 0 Å². The fourth-order valence-electron chi connectivity index (χ4n) is 4.05. The molecule has 136 valence electrons. The second kappa shape index (κ2) is 6.19. The first-order valence-corrected chi connectivity index (χ1v) is 8.95. The van der Waals surface area contributed by atoms with Crippen molar-refractivity contribution in [1.82, 2.24) is 19.7 Å². The average molecular weight is 355 g/mol. The molecule has 8 heteroatoms. The molecule has 2 aromatic rings. The number of fused-ring (bicyclic) bond motifs is 2. The second-order valence-corrected chi connectivity index (χ2v) is 7.10. The minimum Gasteiger partial charge on any atom is -0.364 e. The molecular weight excluding hydrogens is 334 g/mol. The van der Waals surface area contributed by atoms with Gasteiger partial charge in [0.2, 0.25) is 5.91 Å². The number of piperidine rings is 1. The number of nitrogens with zero attached hydrogens (tertiary/aromatic N) is 4. The second-order valence-electron chi connectivity index (χ2n) is 7.10. The molecule has 3 atom stereocenters. The van der Waals surface area contributed by atoms with E-state index in [1.807, 2.05) is 6.92 Å². The van der Waals surface area contributed by atoms with Crippen LogP contribution in [-0.4, -0.2) is 49.3 Å². The highest BCUT2D eigenvalue weighted by Crippen LogP contribution is 2.48. The van der Waals surface area contributed by atoms with Crippen molar-refractivity contribution < 1.29 is 14.4 Å². The number of pyridine rings is 1. The van der Waals surface area contributed by atoms with Crippen LogP contribution in [0.1, 0.15) is 43.1 Å². The molecule has 0 bridgehead atoms. The van der Waals surface area contributed by atoms with E-state index in [4.69, 9.17) is 5.73 Å². The van der Waals surface area contributed by atoms with Crippen molar-refractivity contribution in [2.24, 2.45) is 11.7 Å². The van der Waals surface area contributed by atoms with E-state index in [1.54, 1.807) is 23.4 Å². The van der Waals surface area contributed by atoms with Crippen LogP contribution < -0.4 is 5.73 Å². The fraction of sp³-hybridized carbons (Fsp3) is 0.500. The smallest absolute Gasteiger partial charge is 0.269 e. The van der Waals surface area contributed by atoms with E-state index >= 15 is 0 Å². The number of amides is 2. The highest BCUT2D eigenvalue weighted by molar-refractivity contribution is 6.04. The van der Waals surface area contributed by atoms with Crippen LogP contribution in [0.5, 0.6) is 0 Å². The van der Waals surface area contributed by atoms with E-state index < -0.39 is 5.91 Å². The van der Waals surface area contributed by atoms with Crippen molar-refractivity contribution in [3.8, 4) is 0 Å². The summed E-state index contributed by atoms with van der Waals surface area (Å²) >= 11 is 0. The molecule has 0 aromatic carbocycles. The van der Waals surface area contributed by atoms with Gasteiger partial charge < -0.3 is 10.6 Å². The Bertz CT molecular complexity index is 905. The predicted octanol–water partition coefficient (Wildman–Crippen LogP) is 0.889. The Labute approximate surface area is 150 Å². The Morgan fingerprint density at radius 3 is 2.85 bits per heavy atom. The van der Waals surface area contributed by atoms with Crippen LogP contribution in [-0.2, 0) is 16.1 Å². The number of ketones is 1. The molecule has 0 spiro atoms. The summed E-state index contributed by atoms with van der Waals surface area (Å²) < 4.78 is 1.46. The number of nitrogens with two attached hydrogens (primary N) is 1. The molecule has 2 N–H and O–H groups in total. The van der Waals surface area contributed by atoms with Gasteiger partial charge in [-0.1, -0.05) is 6.92 Å². The van der Waals surface area contributed by atoms with Crippen LogP contribution in [0.25, 0.3) is 10.9 Å². The fourth-order valence-corrected chi connectivity index (χ4v) is 4.05. The van der Waals surface area contributed by atoms with Crippen molar-refractivity contribution >= 4 is 28.5 Å². The highest BCUT2D eigenvalue weighted by atomic mass is 16.2. The number of primary amides is 1. The van der Waals surface area contributed by atoms with Crippen LogP contribution >= 0.6 is 0 Å². The maximum Gasteiger partial charge on any atom is 0.269 e. The third kappa shape index (κ3) is 2.65. The molecule has 2 aromatic heterocycles. The summed E-state index contributed by atoms with van der Waals surface area (Å²) in [6, 6.07) is 1.51. The van der Waals surface area contributed by atoms with E-state index in [0.29, 0.717) is 23.2 Å². The van der Waals surface area contributed by atoms with Gasteiger partial charge in [-0.05, 0) is 31.2 Å². The SMILES string of the molecule is CCCC(=O)[C@@H]1C[C@H]2C[C@H]2N1C(=O)Cn1nc(C(N)=O)c2ccncc21. The number of likely N-dealkylation sites (tertiary alicyclic amines) is 1. The molecule has 1 saturated heterocycles. The molecule has 1 aliphatic heterocycles. The van der Waals surface area contributed by atoms with Crippen LogP contribution in [0.3, 0.4) is 0 Å². The highest BCUT2D eigenvalue weighted by Gasteiger charge is 2.55. The van der Waals surface area contributed by atoms with Gasteiger partial charge in [-0.2, -0.15) is 5.10 Å². The number of rotatable bonds is 6. The van der Waals surface area contributed by atoms with E-state index in [1.165, 1.54) is 4.68 Å². The number of carbonyl (C=O) groups excluding carboxylic acids is 3. The first-order chi connectivity index (χ1) is 12.5. The third-order valence-corrected chi connectivity index (χ3v) is 5.33. The number of Topliss-reactive ketones (excluding diaryl/α,β-unsaturated/α-hetero) is 1. The molecule has 2 amide bonds. The summed E-state index contributed by atoms with van der Waals surface area (Å²) in [4.78, 5) is 42.8. The Morgan fingerprint density at radius 1 is 1.31 bits per heavy atom. The minimum absolute atomic E-state index is 0.0331. The summed E-state index contributed by atoms with van der Waals surface area (Å²) in [6.07, 6.45) is 6.13. The van der Waals surface area contributed by atoms with Gasteiger partial charge in [0.15, 0.2) is 11.5 Å².